The molecule has 4 rings (SSSR count). The summed E-state index contributed by atoms with van der Waals surface area (Å²) in [4.78, 5) is 16.4. The molecule has 1 aliphatic heterocycles. The number of hydrogen-bond donors (Lipinski definition) is 0. The number of ether oxygens (including phenoxy) is 2. The molecule has 3 aromatic carbocycles. The van der Waals surface area contributed by atoms with Crippen LogP contribution < -0.4 is 8.92 Å². The number of cyclic esters (lactones) is 1. The minimum atomic E-state index is -4.00. The first kappa shape index (κ1) is 21.6. The fourth-order valence-corrected chi connectivity index (χ4v) is 3.88. The summed E-state index contributed by atoms with van der Waals surface area (Å²) < 4.78 is 40.3. The second-order valence-electron chi connectivity index (χ2n) is 6.62. The average molecular weight is 470 g/mol. The second-order valence-corrected chi connectivity index (χ2v) is 8.61. The van der Waals surface area contributed by atoms with Gasteiger partial charge in [0, 0.05) is 10.6 Å². The molecular formula is C23H16ClNO6S. The summed E-state index contributed by atoms with van der Waals surface area (Å²) in [5.41, 5.74) is 1.36. The van der Waals surface area contributed by atoms with Crippen LogP contribution in [0.1, 0.15) is 11.1 Å². The van der Waals surface area contributed by atoms with Crippen LogP contribution in [0.5, 0.6) is 11.5 Å². The Morgan fingerprint density at radius 3 is 2.16 bits per heavy atom. The molecule has 0 atom stereocenters. The predicted octanol–water partition coefficient (Wildman–Crippen LogP) is 4.46. The number of rotatable bonds is 6. The molecule has 162 valence electrons. The van der Waals surface area contributed by atoms with E-state index < -0.39 is 16.1 Å². The first-order valence-corrected chi connectivity index (χ1v) is 11.1. The summed E-state index contributed by atoms with van der Waals surface area (Å²) in [6, 6.07) is 18.8. The fraction of sp³-hybridized carbons (Fsp3) is 0.0435. The lowest BCUT2D eigenvalue weighted by Crippen LogP contribution is -2.09. The van der Waals surface area contributed by atoms with Gasteiger partial charge in [-0.2, -0.15) is 8.42 Å². The number of carbonyl (C=O) groups excluding carboxylic acids is 1. The van der Waals surface area contributed by atoms with Crippen LogP contribution in [-0.2, 0) is 19.6 Å². The monoisotopic (exact) mass is 469 g/mol. The first-order valence-electron chi connectivity index (χ1n) is 9.31. The zero-order valence-electron chi connectivity index (χ0n) is 16.7. The fourth-order valence-electron chi connectivity index (χ4n) is 2.82. The zero-order chi connectivity index (χ0) is 22.7. The van der Waals surface area contributed by atoms with Gasteiger partial charge in [-0.3, -0.25) is 0 Å². The Morgan fingerprint density at radius 1 is 0.906 bits per heavy atom. The third-order valence-corrected chi connectivity index (χ3v) is 5.96. The highest BCUT2D eigenvalue weighted by Gasteiger charge is 2.24. The molecule has 0 saturated carbocycles. The number of nitrogens with zero attached hydrogens (tertiary/aromatic N) is 1. The maximum atomic E-state index is 12.4. The molecule has 1 heterocycles. The lowest BCUT2D eigenvalue weighted by atomic mass is 10.2. The second kappa shape index (κ2) is 8.86. The van der Waals surface area contributed by atoms with E-state index in [1.807, 2.05) is 0 Å². The minimum Gasteiger partial charge on any atom is -0.497 e. The van der Waals surface area contributed by atoms with E-state index in [0.717, 1.165) is 0 Å². The van der Waals surface area contributed by atoms with Gasteiger partial charge in [-0.1, -0.05) is 23.7 Å². The molecule has 0 N–H and O–H groups in total. The average Bonchev–Trinajstić information content (AvgIpc) is 3.15. The summed E-state index contributed by atoms with van der Waals surface area (Å²) >= 11 is 5.87. The number of esters is 1. The molecular weight excluding hydrogens is 454 g/mol. The molecule has 0 bridgehead atoms. The standard InChI is InChI=1S/C23H16ClNO6S/c1-29-18-10-12-20(13-11-18)32(27,28)31-19-8-2-15(3-9-19)14-21-23(26)30-22(25-21)16-4-6-17(24)7-5-16/h2-14H,1H3/b21-14-. The zero-order valence-corrected chi connectivity index (χ0v) is 18.3. The number of benzene rings is 3. The number of carbonyl (C=O) groups is 1. The van der Waals surface area contributed by atoms with E-state index in [9.17, 15) is 13.2 Å². The van der Waals surface area contributed by atoms with Gasteiger partial charge in [0.05, 0.1) is 7.11 Å². The molecule has 0 radical (unpaired) electrons. The van der Waals surface area contributed by atoms with Crippen molar-refractivity contribution in [3.05, 3.63) is 94.6 Å². The molecule has 0 aliphatic carbocycles. The lowest BCUT2D eigenvalue weighted by molar-refractivity contribution is -0.129. The maximum Gasteiger partial charge on any atom is 0.363 e. The van der Waals surface area contributed by atoms with Crippen molar-refractivity contribution < 1.29 is 26.9 Å². The van der Waals surface area contributed by atoms with Crippen LogP contribution >= 0.6 is 11.6 Å². The van der Waals surface area contributed by atoms with Gasteiger partial charge in [0.2, 0.25) is 5.90 Å². The van der Waals surface area contributed by atoms with E-state index in [4.69, 9.17) is 25.3 Å². The van der Waals surface area contributed by atoms with Gasteiger partial charge in [-0.05, 0) is 72.3 Å². The normalized spacial score (nSPS) is 14.8. The van der Waals surface area contributed by atoms with Gasteiger partial charge >= 0.3 is 16.1 Å². The molecule has 7 nitrogen and oxygen atoms in total. The van der Waals surface area contributed by atoms with Crippen LogP contribution in [0, 0.1) is 0 Å². The molecule has 1 aliphatic rings. The third-order valence-electron chi connectivity index (χ3n) is 4.45. The van der Waals surface area contributed by atoms with Crippen molar-refractivity contribution >= 4 is 39.7 Å². The Morgan fingerprint density at radius 2 is 1.53 bits per heavy atom. The Kier molecular flexibility index (Phi) is 5.98. The highest BCUT2D eigenvalue weighted by atomic mass is 35.5. The van der Waals surface area contributed by atoms with E-state index in [1.165, 1.54) is 49.6 Å². The summed E-state index contributed by atoms with van der Waals surface area (Å²) in [6.45, 7) is 0. The van der Waals surface area contributed by atoms with Gasteiger partial charge < -0.3 is 13.7 Å². The smallest absolute Gasteiger partial charge is 0.363 e. The van der Waals surface area contributed by atoms with E-state index in [0.29, 0.717) is 21.9 Å². The van der Waals surface area contributed by atoms with Crippen LogP contribution in [0.15, 0.2) is 88.4 Å². The van der Waals surface area contributed by atoms with Crippen molar-refractivity contribution in [3.8, 4) is 11.5 Å². The van der Waals surface area contributed by atoms with Crippen molar-refractivity contribution in [1.29, 1.82) is 0 Å². The van der Waals surface area contributed by atoms with E-state index in [2.05, 4.69) is 4.99 Å². The lowest BCUT2D eigenvalue weighted by Gasteiger charge is -2.08. The van der Waals surface area contributed by atoms with Crippen molar-refractivity contribution in [1.82, 2.24) is 0 Å². The number of aliphatic imine (C=N–C) groups is 1. The van der Waals surface area contributed by atoms with Crippen molar-refractivity contribution in [2.75, 3.05) is 7.11 Å². The molecule has 32 heavy (non-hydrogen) atoms. The number of hydrogen-bond acceptors (Lipinski definition) is 7. The highest BCUT2D eigenvalue weighted by Crippen LogP contribution is 2.24. The molecule has 3 aromatic rings. The van der Waals surface area contributed by atoms with Crippen LogP contribution in [-0.4, -0.2) is 27.4 Å². The maximum absolute atomic E-state index is 12.4. The predicted molar refractivity (Wildman–Crippen MR) is 119 cm³/mol. The minimum absolute atomic E-state index is 0.00209. The SMILES string of the molecule is COc1ccc(S(=O)(=O)Oc2ccc(/C=C3\N=C(c4ccc(Cl)cc4)OC3=O)cc2)cc1. The number of methoxy groups -OCH3 is 1. The molecule has 0 amide bonds. The molecule has 0 aromatic heterocycles. The molecule has 9 heteroatoms. The Bertz CT molecular complexity index is 1310. The molecule has 0 fully saturated rings. The van der Waals surface area contributed by atoms with Crippen LogP contribution in [0.3, 0.4) is 0 Å². The summed E-state index contributed by atoms with van der Waals surface area (Å²) in [7, 11) is -2.51. The Hall–Kier alpha value is -3.62. The van der Waals surface area contributed by atoms with Crippen LogP contribution in [0.4, 0.5) is 0 Å². The van der Waals surface area contributed by atoms with E-state index in [-0.39, 0.29) is 22.2 Å². The summed E-state index contributed by atoms with van der Waals surface area (Å²) in [5.74, 6) is 0.261. The summed E-state index contributed by atoms with van der Waals surface area (Å²) in [6.07, 6.45) is 1.53. The van der Waals surface area contributed by atoms with E-state index >= 15 is 0 Å². The highest BCUT2D eigenvalue weighted by molar-refractivity contribution is 7.87. The Labute approximate surface area is 189 Å². The largest absolute Gasteiger partial charge is 0.497 e. The number of halogens is 1. The Balaban J connectivity index is 1.50. The van der Waals surface area contributed by atoms with Gasteiger partial charge in [-0.15, -0.1) is 0 Å². The molecule has 0 unspecified atom stereocenters. The first-order chi connectivity index (χ1) is 15.3. The summed E-state index contributed by atoms with van der Waals surface area (Å²) in [5, 5.41) is 0.561. The van der Waals surface area contributed by atoms with Crippen LogP contribution in [0.25, 0.3) is 6.08 Å². The quantitative estimate of drug-likeness (QED) is 0.301. The van der Waals surface area contributed by atoms with Crippen LogP contribution in [0.2, 0.25) is 5.02 Å². The molecule has 0 spiro atoms. The topological polar surface area (TPSA) is 91.3 Å². The van der Waals surface area contributed by atoms with E-state index in [1.54, 1.807) is 36.4 Å². The third kappa shape index (κ3) is 4.82. The van der Waals surface area contributed by atoms with Gasteiger partial charge in [0.1, 0.15) is 16.4 Å². The van der Waals surface area contributed by atoms with Gasteiger partial charge in [0.15, 0.2) is 5.70 Å². The van der Waals surface area contributed by atoms with Crippen molar-refractivity contribution in [3.63, 3.8) is 0 Å². The van der Waals surface area contributed by atoms with Gasteiger partial charge in [-0.25, -0.2) is 9.79 Å². The van der Waals surface area contributed by atoms with Crippen molar-refractivity contribution in [2.24, 2.45) is 4.99 Å². The van der Waals surface area contributed by atoms with Crippen molar-refractivity contribution in [2.45, 2.75) is 4.90 Å². The van der Waals surface area contributed by atoms with Gasteiger partial charge in [0.25, 0.3) is 0 Å². The molecule has 0 saturated heterocycles.